The van der Waals surface area contributed by atoms with Gasteiger partial charge in [0.2, 0.25) is 0 Å². The Labute approximate surface area is 111 Å². The zero-order valence-electron chi connectivity index (χ0n) is 9.61. The second-order valence-electron chi connectivity index (χ2n) is 3.90. The molecule has 0 unspecified atom stereocenters. The first-order valence-corrected chi connectivity index (χ1v) is 6.75. The van der Waals surface area contributed by atoms with Gasteiger partial charge in [0, 0.05) is 21.4 Å². The molecule has 0 aliphatic carbocycles. The van der Waals surface area contributed by atoms with Gasteiger partial charge in [-0.25, -0.2) is 0 Å². The van der Waals surface area contributed by atoms with Crippen LogP contribution in [-0.2, 0) is 5.75 Å². The van der Waals surface area contributed by atoms with Gasteiger partial charge in [0.1, 0.15) is 0 Å². The van der Waals surface area contributed by atoms with Crippen molar-refractivity contribution in [2.45, 2.75) is 17.6 Å². The van der Waals surface area contributed by atoms with Crippen LogP contribution in [0.1, 0.15) is 11.1 Å². The van der Waals surface area contributed by atoms with E-state index >= 15 is 0 Å². The van der Waals surface area contributed by atoms with E-state index in [1.807, 2.05) is 43.3 Å². The lowest BCUT2D eigenvalue weighted by Crippen LogP contribution is -1.89. The summed E-state index contributed by atoms with van der Waals surface area (Å²) in [5, 5.41) is 0.820. The molecule has 2 rings (SSSR count). The fourth-order valence-corrected chi connectivity index (χ4v) is 2.72. The number of nitrogens with two attached hydrogens (primary N) is 1. The van der Waals surface area contributed by atoms with Crippen LogP contribution in [0.5, 0.6) is 0 Å². The number of hydrogen-bond donors (Lipinski definition) is 1. The molecule has 0 fully saturated rings. The highest BCUT2D eigenvalue weighted by molar-refractivity contribution is 7.98. The highest BCUT2D eigenvalue weighted by atomic mass is 35.5. The molecule has 0 heterocycles. The zero-order chi connectivity index (χ0) is 12.3. The van der Waals surface area contributed by atoms with Crippen LogP contribution in [0, 0.1) is 6.92 Å². The van der Waals surface area contributed by atoms with Crippen molar-refractivity contribution in [1.82, 2.24) is 0 Å². The van der Waals surface area contributed by atoms with E-state index in [2.05, 4.69) is 6.07 Å². The summed E-state index contributed by atoms with van der Waals surface area (Å²) in [4.78, 5) is 1.17. The molecule has 0 aliphatic rings. The third-order valence-electron chi connectivity index (χ3n) is 2.60. The molecule has 0 spiro atoms. The maximum absolute atomic E-state index is 6.11. The molecular weight excluding hydrogens is 250 g/mol. The van der Waals surface area contributed by atoms with Crippen LogP contribution >= 0.6 is 23.4 Å². The van der Waals surface area contributed by atoms with Crippen molar-refractivity contribution in [3.05, 3.63) is 58.6 Å². The molecule has 2 aromatic rings. The second-order valence-corrected chi connectivity index (χ2v) is 5.35. The quantitative estimate of drug-likeness (QED) is 0.651. The number of rotatable bonds is 3. The molecule has 0 saturated carbocycles. The van der Waals surface area contributed by atoms with Crippen molar-refractivity contribution in [3.8, 4) is 0 Å². The smallest absolute Gasteiger partial charge is 0.0446 e. The highest BCUT2D eigenvalue weighted by Crippen LogP contribution is 2.28. The molecule has 0 bridgehead atoms. The molecule has 3 heteroatoms. The Kier molecular flexibility index (Phi) is 3.97. The van der Waals surface area contributed by atoms with Crippen LogP contribution in [0.25, 0.3) is 0 Å². The van der Waals surface area contributed by atoms with Crippen molar-refractivity contribution in [3.63, 3.8) is 0 Å². The Morgan fingerprint density at radius 1 is 1.18 bits per heavy atom. The van der Waals surface area contributed by atoms with E-state index in [0.29, 0.717) is 0 Å². The van der Waals surface area contributed by atoms with Crippen LogP contribution in [0.15, 0.2) is 47.4 Å². The maximum atomic E-state index is 6.11. The van der Waals surface area contributed by atoms with Gasteiger partial charge in [0.05, 0.1) is 0 Å². The van der Waals surface area contributed by atoms with E-state index in [-0.39, 0.29) is 0 Å². The lowest BCUT2D eigenvalue weighted by Gasteiger charge is -2.06. The summed E-state index contributed by atoms with van der Waals surface area (Å²) in [5.74, 6) is 0.863. The lowest BCUT2D eigenvalue weighted by molar-refractivity contribution is 1.35. The Morgan fingerprint density at radius 3 is 2.65 bits per heavy atom. The minimum atomic E-state index is 0.820. The normalized spacial score (nSPS) is 10.5. The van der Waals surface area contributed by atoms with E-state index < -0.39 is 0 Å². The van der Waals surface area contributed by atoms with E-state index in [1.54, 1.807) is 11.8 Å². The van der Waals surface area contributed by atoms with Gasteiger partial charge >= 0.3 is 0 Å². The summed E-state index contributed by atoms with van der Waals surface area (Å²) in [6.07, 6.45) is 0. The number of halogens is 1. The van der Waals surface area contributed by atoms with Gasteiger partial charge < -0.3 is 5.73 Å². The largest absolute Gasteiger partial charge is 0.398 e. The number of nitrogen functional groups attached to an aromatic ring is 1. The molecule has 1 nitrogen and oxygen atoms in total. The zero-order valence-corrected chi connectivity index (χ0v) is 11.2. The second kappa shape index (κ2) is 5.48. The van der Waals surface area contributed by atoms with Crippen LogP contribution in [-0.4, -0.2) is 0 Å². The first kappa shape index (κ1) is 12.3. The van der Waals surface area contributed by atoms with Crippen LogP contribution < -0.4 is 5.73 Å². The third kappa shape index (κ3) is 3.18. The first-order chi connectivity index (χ1) is 8.16. The van der Waals surface area contributed by atoms with Gasteiger partial charge in [-0.2, -0.15) is 0 Å². The Hall–Kier alpha value is -1.12. The molecular formula is C14H14ClNS. The molecule has 0 saturated heterocycles. The van der Waals surface area contributed by atoms with Gasteiger partial charge in [-0.3, -0.25) is 0 Å². The van der Waals surface area contributed by atoms with Crippen molar-refractivity contribution in [2.24, 2.45) is 0 Å². The average molecular weight is 264 g/mol. The summed E-state index contributed by atoms with van der Waals surface area (Å²) >= 11 is 7.86. The standard InChI is InChI=1S/C14H14ClNS/c1-10-6-7-12(8-14(10)16)17-9-11-4-2-3-5-13(11)15/h2-8H,9,16H2,1H3. The minimum absolute atomic E-state index is 0.820. The number of thioether (sulfide) groups is 1. The molecule has 2 N–H and O–H groups in total. The van der Waals surface area contributed by atoms with Gasteiger partial charge in [-0.15, -0.1) is 11.8 Å². The third-order valence-corrected chi connectivity index (χ3v) is 4.01. The fraction of sp³-hybridized carbons (Fsp3) is 0.143. The Morgan fingerprint density at radius 2 is 1.94 bits per heavy atom. The Bertz CT molecular complexity index is 525. The van der Waals surface area contributed by atoms with Crippen LogP contribution in [0.4, 0.5) is 5.69 Å². The van der Waals surface area contributed by atoms with Crippen molar-refractivity contribution < 1.29 is 0 Å². The summed E-state index contributed by atoms with van der Waals surface area (Å²) in [6.45, 7) is 2.01. The maximum Gasteiger partial charge on any atom is 0.0446 e. The average Bonchev–Trinajstić information content (AvgIpc) is 2.32. The summed E-state index contributed by atoms with van der Waals surface area (Å²) in [6, 6.07) is 14.1. The lowest BCUT2D eigenvalue weighted by atomic mass is 10.2. The predicted octanol–water partition coefficient (Wildman–Crippen LogP) is 4.52. The van der Waals surface area contributed by atoms with Gasteiger partial charge in [0.15, 0.2) is 0 Å². The first-order valence-electron chi connectivity index (χ1n) is 5.39. The molecule has 88 valence electrons. The molecule has 2 aromatic carbocycles. The summed E-state index contributed by atoms with van der Waals surface area (Å²) in [7, 11) is 0. The minimum Gasteiger partial charge on any atom is -0.398 e. The van der Waals surface area contributed by atoms with E-state index in [4.69, 9.17) is 17.3 Å². The predicted molar refractivity (Wildman–Crippen MR) is 76.6 cm³/mol. The molecule has 0 amide bonds. The number of benzene rings is 2. The number of hydrogen-bond acceptors (Lipinski definition) is 2. The summed E-state index contributed by atoms with van der Waals surface area (Å²) in [5.41, 5.74) is 8.99. The van der Waals surface area contributed by atoms with Crippen molar-refractivity contribution in [2.75, 3.05) is 5.73 Å². The molecule has 0 radical (unpaired) electrons. The number of anilines is 1. The molecule has 0 aromatic heterocycles. The van der Waals surface area contributed by atoms with E-state index in [9.17, 15) is 0 Å². The van der Waals surface area contributed by atoms with Crippen LogP contribution in [0.3, 0.4) is 0 Å². The topological polar surface area (TPSA) is 26.0 Å². The van der Waals surface area contributed by atoms with Crippen molar-refractivity contribution >= 4 is 29.1 Å². The molecule has 17 heavy (non-hydrogen) atoms. The van der Waals surface area contributed by atoms with Gasteiger partial charge in [-0.05, 0) is 36.2 Å². The van der Waals surface area contributed by atoms with E-state index in [1.165, 1.54) is 4.90 Å². The molecule has 0 aliphatic heterocycles. The monoisotopic (exact) mass is 263 g/mol. The SMILES string of the molecule is Cc1ccc(SCc2ccccc2Cl)cc1N. The van der Waals surface area contributed by atoms with Gasteiger partial charge in [-0.1, -0.05) is 35.9 Å². The Balaban J connectivity index is 2.08. The van der Waals surface area contributed by atoms with Crippen LogP contribution in [0.2, 0.25) is 5.02 Å². The van der Waals surface area contributed by atoms with Crippen molar-refractivity contribution in [1.29, 1.82) is 0 Å². The fourth-order valence-electron chi connectivity index (χ4n) is 1.48. The number of aryl methyl sites for hydroxylation is 1. The molecule has 0 atom stereocenters. The van der Waals surface area contributed by atoms with Gasteiger partial charge in [0.25, 0.3) is 0 Å². The summed E-state index contributed by atoms with van der Waals surface area (Å²) < 4.78 is 0. The highest BCUT2D eigenvalue weighted by Gasteiger charge is 2.01. The van der Waals surface area contributed by atoms with E-state index in [0.717, 1.165) is 27.6 Å².